The molecule has 3 aromatic carbocycles. The first-order valence-electron chi connectivity index (χ1n) is 10.8. The number of fused-ring (bicyclic) bond motifs is 3. The van der Waals surface area contributed by atoms with Gasteiger partial charge in [0, 0.05) is 6.54 Å². The van der Waals surface area contributed by atoms with Gasteiger partial charge >= 0.3 is 0 Å². The monoisotopic (exact) mass is 377 g/mol. The molecule has 0 amide bonds. The third-order valence-corrected chi connectivity index (χ3v) is 5.63. The van der Waals surface area contributed by atoms with E-state index in [0.717, 1.165) is 18.7 Å². The summed E-state index contributed by atoms with van der Waals surface area (Å²) in [4.78, 5) is 2.44. The molecule has 1 N–H and O–H groups in total. The Hall–Kier alpha value is -1.90. The van der Waals surface area contributed by atoms with E-state index in [2.05, 4.69) is 87.2 Å². The molecule has 0 spiro atoms. The van der Waals surface area contributed by atoms with Gasteiger partial charge in [-0.2, -0.15) is 0 Å². The number of hydrogen-bond acceptors (Lipinski definition) is 2. The summed E-state index contributed by atoms with van der Waals surface area (Å²) in [6.45, 7) is 11.9. The smallest absolute Gasteiger partial charge is 0.0917 e. The van der Waals surface area contributed by atoms with Crippen molar-refractivity contribution in [2.24, 2.45) is 11.8 Å². The van der Waals surface area contributed by atoms with Crippen LogP contribution >= 0.6 is 0 Å². The van der Waals surface area contributed by atoms with Crippen LogP contribution in [0.25, 0.3) is 21.5 Å². The van der Waals surface area contributed by atoms with Gasteiger partial charge in [0.25, 0.3) is 0 Å². The molecular weight excluding hydrogens is 342 g/mol. The van der Waals surface area contributed by atoms with Crippen LogP contribution in [0.4, 0.5) is 0 Å². The fraction of sp³-hybridized carbons (Fsp3) is 0.462. The first kappa shape index (κ1) is 20.8. The molecule has 0 bridgehead atoms. The van der Waals surface area contributed by atoms with Crippen LogP contribution < -0.4 is 0 Å². The molecule has 0 aliphatic heterocycles. The largest absolute Gasteiger partial charge is 0.387 e. The van der Waals surface area contributed by atoms with Gasteiger partial charge in [-0.25, -0.2) is 0 Å². The zero-order valence-electron chi connectivity index (χ0n) is 17.9. The van der Waals surface area contributed by atoms with Crippen LogP contribution in [0.2, 0.25) is 0 Å². The molecule has 2 nitrogen and oxygen atoms in total. The lowest BCUT2D eigenvalue weighted by Gasteiger charge is -2.27. The van der Waals surface area contributed by atoms with Crippen LogP contribution in [0.1, 0.15) is 52.2 Å². The second kappa shape index (κ2) is 9.54. The number of nitrogens with zero attached hydrogens (tertiary/aromatic N) is 1. The van der Waals surface area contributed by atoms with E-state index in [1.807, 2.05) is 0 Å². The Morgan fingerprint density at radius 3 is 1.96 bits per heavy atom. The molecule has 1 unspecified atom stereocenters. The van der Waals surface area contributed by atoms with Gasteiger partial charge in [-0.15, -0.1) is 0 Å². The molecule has 0 heterocycles. The molecule has 0 fully saturated rings. The molecule has 1 atom stereocenters. The third-order valence-electron chi connectivity index (χ3n) is 5.63. The quantitative estimate of drug-likeness (QED) is 0.435. The highest BCUT2D eigenvalue weighted by Crippen LogP contribution is 2.28. The van der Waals surface area contributed by atoms with Crippen molar-refractivity contribution in [2.75, 3.05) is 19.6 Å². The molecule has 3 rings (SSSR count). The fourth-order valence-electron chi connectivity index (χ4n) is 3.75. The van der Waals surface area contributed by atoms with Crippen molar-refractivity contribution in [1.82, 2.24) is 4.90 Å². The number of aliphatic hydroxyl groups is 1. The molecule has 0 aliphatic carbocycles. The van der Waals surface area contributed by atoms with E-state index in [4.69, 9.17) is 0 Å². The summed E-state index contributed by atoms with van der Waals surface area (Å²) in [6.07, 6.45) is 1.89. The van der Waals surface area contributed by atoms with Gasteiger partial charge in [0.15, 0.2) is 0 Å². The van der Waals surface area contributed by atoms with Crippen LogP contribution in [0.15, 0.2) is 54.6 Å². The minimum Gasteiger partial charge on any atom is -0.387 e. The molecule has 28 heavy (non-hydrogen) atoms. The van der Waals surface area contributed by atoms with Gasteiger partial charge in [-0.05, 0) is 70.9 Å². The maximum atomic E-state index is 11.0. The fourth-order valence-corrected chi connectivity index (χ4v) is 3.75. The van der Waals surface area contributed by atoms with E-state index >= 15 is 0 Å². The standard InChI is InChI=1S/C26H35NO/c1-19(2)13-15-27(16-14-20(3)4)18-26(28)23-12-11-22-10-9-21-7-5-6-8-24(21)25(22)17-23/h5-12,17,19-20,26,28H,13-16,18H2,1-4H3. The molecular formula is C26H35NO. The molecule has 0 aliphatic rings. The number of benzene rings is 3. The highest BCUT2D eigenvalue weighted by molar-refractivity contribution is 6.07. The predicted octanol–water partition coefficient (Wildman–Crippen LogP) is 6.42. The Labute approximate surface area is 170 Å². The predicted molar refractivity (Wildman–Crippen MR) is 122 cm³/mol. The lowest BCUT2D eigenvalue weighted by Crippen LogP contribution is -2.32. The van der Waals surface area contributed by atoms with Crippen molar-refractivity contribution in [2.45, 2.75) is 46.6 Å². The number of hydrogen-bond donors (Lipinski definition) is 1. The van der Waals surface area contributed by atoms with E-state index in [1.54, 1.807) is 0 Å². The summed E-state index contributed by atoms with van der Waals surface area (Å²) in [5, 5.41) is 16.0. The Morgan fingerprint density at radius 2 is 1.32 bits per heavy atom. The zero-order valence-corrected chi connectivity index (χ0v) is 17.9. The van der Waals surface area contributed by atoms with Crippen LogP contribution in [-0.4, -0.2) is 29.6 Å². The number of aliphatic hydroxyl groups excluding tert-OH is 1. The Morgan fingerprint density at radius 1 is 0.750 bits per heavy atom. The second-order valence-corrected chi connectivity index (χ2v) is 8.95. The van der Waals surface area contributed by atoms with E-state index in [9.17, 15) is 5.11 Å². The van der Waals surface area contributed by atoms with Crippen molar-refractivity contribution >= 4 is 21.5 Å². The van der Waals surface area contributed by atoms with Crippen molar-refractivity contribution in [3.8, 4) is 0 Å². The highest BCUT2D eigenvalue weighted by atomic mass is 16.3. The van der Waals surface area contributed by atoms with E-state index in [0.29, 0.717) is 18.4 Å². The van der Waals surface area contributed by atoms with E-state index in [1.165, 1.54) is 34.4 Å². The molecule has 0 saturated carbocycles. The summed E-state index contributed by atoms with van der Waals surface area (Å²) in [5.74, 6) is 1.37. The average Bonchev–Trinajstić information content (AvgIpc) is 2.69. The van der Waals surface area contributed by atoms with Crippen molar-refractivity contribution < 1.29 is 5.11 Å². The van der Waals surface area contributed by atoms with Crippen LogP contribution in [0.5, 0.6) is 0 Å². The Kier molecular flexibility index (Phi) is 7.09. The summed E-state index contributed by atoms with van der Waals surface area (Å²) in [7, 11) is 0. The first-order valence-corrected chi connectivity index (χ1v) is 10.8. The lowest BCUT2D eigenvalue weighted by atomic mass is 9.98. The Balaban J connectivity index is 1.81. The SMILES string of the molecule is CC(C)CCN(CCC(C)C)CC(O)c1ccc2ccc3ccccc3c2c1. The molecule has 150 valence electrons. The Bertz CT molecular complexity index is 887. The van der Waals surface area contributed by atoms with Crippen LogP contribution in [0, 0.1) is 11.8 Å². The lowest BCUT2D eigenvalue weighted by molar-refractivity contribution is 0.107. The minimum atomic E-state index is -0.456. The molecule has 0 radical (unpaired) electrons. The molecule has 0 saturated heterocycles. The van der Waals surface area contributed by atoms with E-state index < -0.39 is 6.10 Å². The third kappa shape index (κ3) is 5.33. The maximum Gasteiger partial charge on any atom is 0.0917 e. The van der Waals surface area contributed by atoms with Gasteiger partial charge in [0.05, 0.1) is 6.10 Å². The normalized spacial score (nSPS) is 13.3. The van der Waals surface area contributed by atoms with Crippen molar-refractivity contribution in [3.05, 3.63) is 60.2 Å². The van der Waals surface area contributed by atoms with Gasteiger partial charge in [-0.1, -0.05) is 76.2 Å². The van der Waals surface area contributed by atoms with Crippen molar-refractivity contribution in [1.29, 1.82) is 0 Å². The van der Waals surface area contributed by atoms with Gasteiger partial charge in [-0.3, -0.25) is 0 Å². The molecule has 2 heteroatoms. The van der Waals surface area contributed by atoms with Crippen molar-refractivity contribution in [3.63, 3.8) is 0 Å². The summed E-state index contributed by atoms with van der Waals surface area (Å²) >= 11 is 0. The summed E-state index contributed by atoms with van der Waals surface area (Å²) in [6, 6.07) is 19.3. The van der Waals surface area contributed by atoms with Crippen LogP contribution in [-0.2, 0) is 0 Å². The molecule has 3 aromatic rings. The zero-order chi connectivity index (χ0) is 20.1. The van der Waals surface area contributed by atoms with Crippen LogP contribution in [0.3, 0.4) is 0 Å². The average molecular weight is 378 g/mol. The van der Waals surface area contributed by atoms with E-state index in [-0.39, 0.29) is 0 Å². The topological polar surface area (TPSA) is 23.5 Å². The first-order chi connectivity index (χ1) is 13.4. The van der Waals surface area contributed by atoms with Gasteiger partial charge < -0.3 is 10.0 Å². The minimum absolute atomic E-state index is 0.456. The highest BCUT2D eigenvalue weighted by Gasteiger charge is 2.15. The molecule has 0 aromatic heterocycles. The second-order valence-electron chi connectivity index (χ2n) is 8.95. The summed E-state index contributed by atoms with van der Waals surface area (Å²) < 4.78 is 0. The summed E-state index contributed by atoms with van der Waals surface area (Å²) in [5.41, 5.74) is 1.02. The van der Waals surface area contributed by atoms with Gasteiger partial charge in [0.1, 0.15) is 0 Å². The number of rotatable bonds is 9. The van der Waals surface area contributed by atoms with Gasteiger partial charge in [0.2, 0.25) is 0 Å². The maximum absolute atomic E-state index is 11.0.